The molecule has 0 saturated heterocycles. The van der Waals surface area contributed by atoms with E-state index in [4.69, 9.17) is 14.8 Å². The second-order valence-electron chi connectivity index (χ2n) is 7.23. The SMILES string of the molecule is CSC1=NN2C(=c3ccccc3=NC2c2cc(Br)ccc2OCc2ccccc2)C(=O)N1. The van der Waals surface area contributed by atoms with E-state index in [2.05, 4.69) is 21.2 Å². The lowest BCUT2D eigenvalue weighted by molar-refractivity contribution is -0.116. The van der Waals surface area contributed by atoms with Crippen LogP contribution in [0.5, 0.6) is 5.75 Å². The monoisotopic (exact) mass is 506 g/mol. The molecule has 2 aliphatic heterocycles. The normalized spacial score (nSPS) is 17.0. The number of carbonyl (C=O) groups is 1. The highest BCUT2D eigenvalue weighted by Gasteiger charge is 2.35. The number of halogens is 1. The molecule has 160 valence electrons. The predicted octanol–water partition coefficient (Wildman–Crippen LogP) is 3.53. The molecule has 0 radical (unpaired) electrons. The summed E-state index contributed by atoms with van der Waals surface area (Å²) < 4.78 is 7.10. The van der Waals surface area contributed by atoms with Gasteiger partial charge in [-0.2, -0.15) is 0 Å². The first kappa shape index (κ1) is 20.8. The number of ether oxygens (including phenoxy) is 1. The zero-order valence-corrected chi connectivity index (χ0v) is 19.6. The van der Waals surface area contributed by atoms with Crippen molar-refractivity contribution < 1.29 is 9.53 Å². The van der Waals surface area contributed by atoms with Gasteiger partial charge in [-0.25, -0.2) is 5.01 Å². The molecule has 1 N–H and O–H groups in total. The molecule has 3 aromatic rings. The smallest absolute Gasteiger partial charge is 0.276 e. The Hall–Kier alpha value is -3.10. The maximum atomic E-state index is 13.0. The molecule has 0 bridgehead atoms. The summed E-state index contributed by atoms with van der Waals surface area (Å²) in [5.41, 5.74) is 2.37. The second kappa shape index (κ2) is 8.80. The summed E-state index contributed by atoms with van der Waals surface area (Å²) in [4.78, 5) is 18.0. The summed E-state index contributed by atoms with van der Waals surface area (Å²) in [5.74, 6) is 0.495. The number of hydrogen-bond donors (Lipinski definition) is 1. The van der Waals surface area contributed by atoms with Gasteiger partial charge in [0.15, 0.2) is 11.3 Å². The van der Waals surface area contributed by atoms with Gasteiger partial charge in [0.2, 0.25) is 0 Å². The standard InChI is InChI=1S/C24H19BrN4O2S/c1-32-24-27-23(30)21-17-9-5-6-10-19(17)26-22(29(21)28-24)18-13-16(25)11-12-20(18)31-14-15-7-3-2-4-8-15/h2-13,22H,14H2,1H3,(H,27,28,30). The minimum absolute atomic E-state index is 0.196. The zero-order chi connectivity index (χ0) is 22.1. The molecule has 1 amide bonds. The van der Waals surface area contributed by atoms with Crippen molar-refractivity contribution in [1.82, 2.24) is 10.3 Å². The highest BCUT2D eigenvalue weighted by atomic mass is 79.9. The number of nitrogens with one attached hydrogen (secondary N) is 1. The fourth-order valence-corrected chi connectivity index (χ4v) is 4.45. The number of benzene rings is 3. The van der Waals surface area contributed by atoms with Gasteiger partial charge in [-0.15, -0.1) is 5.10 Å². The van der Waals surface area contributed by atoms with E-state index in [-0.39, 0.29) is 5.91 Å². The first-order valence-corrected chi connectivity index (χ1v) is 12.0. The van der Waals surface area contributed by atoms with Gasteiger partial charge in [-0.3, -0.25) is 15.1 Å². The molecule has 6 nitrogen and oxygen atoms in total. The van der Waals surface area contributed by atoms with Crippen LogP contribution in [0.4, 0.5) is 0 Å². The molecule has 0 saturated carbocycles. The summed E-state index contributed by atoms with van der Waals surface area (Å²) in [6.07, 6.45) is 1.33. The Morgan fingerprint density at radius 2 is 1.88 bits per heavy atom. The van der Waals surface area contributed by atoms with Gasteiger partial charge in [0.25, 0.3) is 5.91 Å². The highest BCUT2D eigenvalue weighted by molar-refractivity contribution is 9.10. The number of para-hydroxylation sites is 1. The Bertz CT molecular complexity index is 1340. The number of amides is 1. The minimum Gasteiger partial charge on any atom is -0.488 e. The third-order valence-electron chi connectivity index (χ3n) is 5.20. The summed E-state index contributed by atoms with van der Waals surface area (Å²) in [7, 11) is 0. The maximum absolute atomic E-state index is 13.0. The average Bonchev–Trinajstić information content (AvgIpc) is 2.83. The molecular weight excluding hydrogens is 488 g/mol. The van der Waals surface area contributed by atoms with Crippen molar-refractivity contribution in [2.75, 3.05) is 6.26 Å². The Morgan fingerprint density at radius 3 is 2.69 bits per heavy atom. The van der Waals surface area contributed by atoms with E-state index >= 15 is 0 Å². The Kier molecular flexibility index (Phi) is 5.71. The van der Waals surface area contributed by atoms with Gasteiger partial charge < -0.3 is 4.74 Å². The van der Waals surface area contributed by atoms with Crippen molar-refractivity contribution in [2.24, 2.45) is 10.1 Å². The van der Waals surface area contributed by atoms with Crippen LogP contribution in [0.1, 0.15) is 17.3 Å². The van der Waals surface area contributed by atoms with E-state index in [1.54, 1.807) is 5.01 Å². The zero-order valence-electron chi connectivity index (χ0n) is 17.2. The molecular formula is C24H19BrN4O2S. The van der Waals surface area contributed by atoms with Crippen molar-refractivity contribution in [1.29, 1.82) is 0 Å². The lowest BCUT2D eigenvalue weighted by Gasteiger charge is -2.34. The molecule has 32 heavy (non-hydrogen) atoms. The van der Waals surface area contributed by atoms with Crippen LogP contribution in [0.15, 0.2) is 87.4 Å². The molecule has 1 unspecified atom stereocenters. The fourth-order valence-electron chi connectivity index (χ4n) is 3.71. The number of hydrogen-bond acceptors (Lipinski definition) is 6. The lowest BCUT2D eigenvalue weighted by atomic mass is 10.1. The third kappa shape index (κ3) is 3.91. The van der Waals surface area contributed by atoms with Crippen LogP contribution in [0.25, 0.3) is 5.70 Å². The van der Waals surface area contributed by atoms with E-state index in [0.29, 0.717) is 23.2 Å². The van der Waals surface area contributed by atoms with E-state index in [1.165, 1.54) is 11.8 Å². The summed E-state index contributed by atoms with van der Waals surface area (Å²) >= 11 is 4.95. The molecule has 2 heterocycles. The highest BCUT2D eigenvalue weighted by Crippen LogP contribution is 2.37. The van der Waals surface area contributed by atoms with Crippen LogP contribution in [0.3, 0.4) is 0 Å². The molecule has 0 aliphatic carbocycles. The molecule has 5 rings (SSSR count). The summed E-state index contributed by atoms with van der Waals surface area (Å²) in [6.45, 7) is 0.426. The van der Waals surface area contributed by atoms with E-state index < -0.39 is 6.17 Å². The Balaban J connectivity index is 1.63. The van der Waals surface area contributed by atoms with Crippen LogP contribution >= 0.6 is 27.7 Å². The number of carbonyl (C=O) groups excluding carboxylic acids is 1. The summed E-state index contributed by atoms with van der Waals surface area (Å²) in [6, 6.07) is 23.4. The molecule has 0 spiro atoms. The Labute approximate surface area is 197 Å². The van der Waals surface area contributed by atoms with Crippen molar-refractivity contribution in [3.8, 4) is 5.75 Å². The average molecular weight is 507 g/mol. The van der Waals surface area contributed by atoms with Crippen molar-refractivity contribution in [3.63, 3.8) is 0 Å². The third-order valence-corrected chi connectivity index (χ3v) is 6.26. The second-order valence-corrected chi connectivity index (χ2v) is 8.94. The quantitative estimate of drug-likeness (QED) is 0.587. The molecule has 0 aromatic heterocycles. The molecule has 1 atom stereocenters. The number of rotatable bonds is 4. The molecule has 2 aliphatic rings. The number of nitrogens with zero attached hydrogens (tertiary/aromatic N) is 3. The van der Waals surface area contributed by atoms with Crippen molar-refractivity contribution in [3.05, 3.63) is 99.0 Å². The minimum atomic E-state index is -0.545. The van der Waals surface area contributed by atoms with Gasteiger partial charge in [-0.05, 0) is 36.1 Å². The number of amidine groups is 1. The Morgan fingerprint density at radius 1 is 1.09 bits per heavy atom. The van der Waals surface area contributed by atoms with Gasteiger partial charge in [-0.1, -0.05) is 76.2 Å². The lowest BCUT2D eigenvalue weighted by Crippen LogP contribution is -2.50. The van der Waals surface area contributed by atoms with Crippen LogP contribution in [0.2, 0.25) is 0 Å². The van der Waals surface area contributed by atoms with Crippen LogP contribution in [-0.2, 0) is 11.4 Å². The number of fused-ring (bicyclic) bond motifs is 2. The number of hydrazone groups is 1. The van der Waals surface area contributed by atoms with Gasteiger partial charge >= 0.3 is 0 Å². The maximum Gasteiger partial charge on any atom is 0.276 e. The van der Waals surface area contributed by atoms with Crippen molar-refractivity contribution in [2.45, 2.75) is 12.8 Å². The van der Waals surface area contributed by atoms with E-state index in [0.717, 1.165) is 26.2 Å². The molecule has 0 fully saturated rings. The predicted molar refractivity (Wildman–Crippen MR) is 129 cm³/mol. The van der Waals surface area contributed by atoms with E-state index in [1.807, 2.05) is 79.1 Å². The van der Waals surface area contributed by atoms with Gasteiger partial charge in [0, 0.05) is 15.3 Å². The van der Waals surface area contributed by atoms with E-state index in [9.17, 15) is 4.79 Å². The van der Waals surface area contributed by atoms with Gasteiger partial charge in [0.1, 0.15) is 18.1 Å². The largest absolute Gasteiger partial charge is 0.488 e. The van der Waals surface area contributed by atoms with Crippen LogP contribution < -0.4 is 20.6 Å². The topological polar surface area (TPSA) is 66.3 Å². The summed E-state index contributed by atoms with van der Waals surface area (Å²) in [5, 5.41) is 11.3. The first-order valence-electron chi connectivity index (χ1n) is 10.0. The number of thioether (sulfide) groups is 1. The fraction of sp³-hybridized carbons (Fsp3) is 0.125. The first-order chi connectivity index (χ1) is 15.6. The van der Waals surface area contributed by atoms with Gasteiger partial charge in [0.05, 0.1) is 5.36 Å². The molecule has 8 heteroatoms. The van der Waals surface area contributed by atoms with Crippen molar-refractivity contribution >= 4 is 44.5 Å². The van der Waals surface area contributed by atoms with Crippen LogP contribution in [0, 0.1) is 0 Å². The molecule has 3 aromatic carbocycles. The van der Waals surface area contributed by atoms with Crippen LogP contribution in [-0.4, -0.2) is 22.3 Å².